The summed E-state index contributed by atoms with van der Waals surface area (Å²) < 4.78 is 10.2. The topological polar surface area (TPSA) is 88.0 Å². The number of amides is 1. The first-order valence-electron chi connectivity index (χ1n) is 7.65. The van der Waals surface area contributed by atoms with Crippen LogP contribution in [-0.2, 0) is 11.3 Å². The van der Waals surface area contributed by atoms with Crippen molar-refractivity contribution in [1.29, 1.82) is 0 Å². The van der Waals surface area contributed by atoms with Gasteiger partial charge < -0.3 is 25.0 Å². The fourth-order valence-corrected chi connectivity index (χ4v) is 2.40. The van der Waals surface area contributed by atoms with E-state index in [1.54, 1.807) is 12.1 Å². The lowest BCUT2D eigenvalue weighted by Gasteiger charge is -2.20. The molecular formula is C18H20ClNO5. The summed E-state index contributed by atoms with van der Waals surface area (Å²) in [5.41, 5.74) is 1.18. The molecular weight excluding hydrogens is 346 g/mol. The summed E-state index contributed by atoms with van der Waals surface area (Å²) in [4.78, 5) is 11.7. The fourth-order valence-electron chi connectivity index (χ4n) is 2.22. The van der Waals surface area contributed by atoms with Gasteiger partial charge >= 0.3 is 6.09 Å². The third-order valence-corrected chi connectivity index (χ3v) is 3.78. The zero-order valence-electron chi connectivity index (χ0n) is 13.7. The molecule has 0 radical (unpaired) electrons. The van der Waals surface area contributed by atoms with Crippen molar-refractivity contribution in [3.05, 3.63) is 64.7 Å². The molecule has 3 N–H and O–H groups in total. The molecule has 0 aliphatic carbocycles. The molecule has 2 aromatic rings. The van der Waals surface area contributed by atoms with Crippen LogP contribution in [0.5, 0.6) is 5.75 Å². The second-order valence-electron chi connectivity index (χ2n) is 5.34. The second kappa shape index (κ2) is 9.27. The Hall–Kier alpha value is -2.28. The maximum absolute atomic E-state index is 11.7. The summed E-state index contributed by atoms with van der Waals surface area (Å²) in [7, 11) is 1.45. The minimum Gasteiger partial charge on any atom is -0.496 e. The number of ether oxygens (including phenoxy) is 2. The van der Waals surface area contributed by atoms with Gasteiger partial charge in [0.05, 0.1) is 7.11 Å². The van der Waals surface area contributed by atoms with Crippen molar-refractivity contribution in [1.82, 2.24) is 5.32 Å². The van der Waals surface area contributed by atoms with Crippen LogP contribution in [0, 0.1) is 0 Å². The van der Waals surface area contributed by atoms with E-state index in [-0.39, 0.29) is 13.2 Å². The Kier molecular flexibility index (Phi) is 7.06. The molecule has 25 heavy (non-hydrogen) atoms. The first kappa shape index (κ1) is 19.1. The molecule has 0 spiro atoms. The van der Waals surface area contributed by atoms with Gasteiger partial charge in [-0.25, -0.2) is 4.79 Å². The molecule has 7 heteroatoms. The maximum Gasteiger partial charge on any atom is 0.407 e. The average molecular weight is 366 g/mol. The number of hydrogen-bond donors (Lipinski definition) is 3. The van der Waals surface area contributed by atoms with E-state index in [4.69, 9.17) is 21.1 Å². The zero-order valence-corrected chi connectivity index (χ0v) is 14.4. The molecule has 0 fully saturated rings. The van der Waals surface area contributed by atoms with Gasteiger partial charge in [0.2, 0.25) is 0 Å². The van der Waals surface area contributed by atoms with E-state index in [0.29, 0.717) is 16.3 Å². The molecule has 0 aliphatic heterocycles. The summed E-state index contributed by atoms with van der Waals surface area (Å²) in [6.45, 7) is -0.0715. The van der Waals surface area contributed by atoms with Crippen molar-refractivity contribution in [2.45, 2.75) is 18.8 Å². The first-order valence-corrected chi connectivity index (χ1v) is 8.03. The summed E-state index contributed by atoms with van der Waals surface area (Å²) >= 11 is 5.91. The van der Waals surface area contributed by atoms with Gasteiger partial charge in [-0.1, -0.05) is 41.9 Å². The molecule has 0 saturated carbocycles. The molecule has 134 valence electrons. The van der Waals surface area contributed by atoms with E-state index in [1.165, 1.54) is 13.2 Å². The van der Waals surface area contributed by atoms with E-state index in [2.05, 4.69) is 5.32 Å². The number of halogens is 1. The zero-order chi connectivity index (χ0) is 18.2. The summed E-state index contributed by atoms with van der Waals surface area (Å²) in [6, 6.07) is 13.9. The van der Waals surface area contributed by atoms with E-state index >= 15 is 0 Å². The molecule has 0 aromatic heterocycles. The molecule has 0 saturated heterocycles. The van der Waals surface area contributed by atoms with Gasteiger partial charge in [-0.2, -0.15) is 0 Å². The van der Waals surface area contributed by atoms with Gasteiger partial charge in [-0.05, 0) is 23.8 Å². The highest BCUT2D eigenvalue weighted by atomic mass is 35.5. The number of carbonyl (C=O) groups excluding carboxylic acids is 1. The maximum atomic E-state index is 11.7. The Morgan fingerprint density at radius 3 is 2.60 bits per heavy atom. The smallest absolute Gasteiger partial charge is 0.407 e. The van der Waals surface area contributed by atoms with Crippen LogP contribution in [0.2, 0.25) is 5.02 Å². The van der Waals surface area contributed by atoms with E-state index < -0.39 is 18.3 Å². The average Bonchev–Trinajstić information content (AvgIpc) is 2.64. The molecule has 2 rings (SSSR count). The normalized spacial score (nSPS) is 13.0. The molecule has 1 amide bonds. The van der Waals surface area contributed by atoms with Gasteiger partial charge in [0.25, 0.3) is 0 Å². The Bertz CT molecular complexity index is 695. The highest BCUT2D eigenvalue weighted by molar-refractivity contribution is 6.30. The van der Waals surface area contributed by atoms with Crippen LogP contribution in [0.15, 0.2) is 48.5 Å². The third-order valence-electron chi connectivity index (χ3n) is 3.54. The number of carbonyl (C=O) groups is 1. The number of hydrogen-bond acceptors (Lipinski definition) is 5. The highest BCUT2D eigenvalue weighted by Gasteiger charge is 2.23. The number of alkyl carbamates (subject to hydrolysis) is 1. The summed E-state index contributed by atoms with van der Waals surface area (Å²) in [5, 5.41) is 23.2. The Balaban J connectivity index is 1.86. The van der Waals surface area contributed by atoms with Crippen LogP contribution in [0.4, 0.5) is 4.79 Å². The number of nitrogens with one attached hydrogen (secondary N) is 1. The van der Waals surface area contributed by atoms with E-state index in [1.807, 2.05) is 30.3 Å². The van der Waals surface area contributed by atoms with Gasteiger partial charge in [0, 0.05) is 17.1 Å². The third kappa shape index (κ3) is 5.63. The van der Waals surface area contributed by atoms with Crippen LogP contribution in [-0.4, -0.2) is 36.1 Å². The van der Waals surface area contributed by atoms with Crippen molar-refractivity contribution >= 4 is 17.7 Å². The molecule has 0 bridgehead atoms. The van der Waals surface area contributed by atoms with Gasteiger partial charge in [-0.15, -0.1) is 0 Å². The van der Waals surface area contributed by atoms with Crippen LogP contribution < -0.4 is 10.1 Å². The number of benzene rings is 2. The lowest BCUT2D eigenvalue weighted by molar-refractivity contribution is 0.0171. The lowest BCUT2D eigenvalue weighted by Crippen LogP contribution is -2.35. The fraction of sp³-hybridized carbons (Fsp3) is 0.278. The molecule has 2 aromatic carbocycles. The van der Waals surface area contributed by atoms with Crippen LogP contribution in [0.3, 0.4) is 0 Å². The second-order valence-corrected chi connectivity index (χ2v) is 5.78. The standard InChI is InChI=1S/C18H20ClNO5/c1-24-16-8-7-13(19)9-14(16)17(22)15(21)10-20-18(23)25-11-12-5-3-2-4-6-12/h2-9,15,17,21-22H,10-11H2,1H3,(H,20,23). The first-order chi connectivity index (χ1) is 12.0. The Labute approximate surface area is 151 Å². The number of rotatable bonds is 7. The van der Waals surface area contributed by atoms with E-state index in [0.717, 1.165) is 5.56 Å². The van der Waals surface area contributed by atoms with Crippen molar-refractivity contribution < 1.29 is 24.5 Å². The number of aliphatic hydroxyl groups excluding tert-OH is 2. The molecule has 2 unspecified atom stereocenters. The minimum absolute atomic E-state index is 0.118. The predicted molar refractivity (Wildman–Crippen MR) is 93.6 cm³/mol. The molecule has 0 aliphatic rings. The van der Waals surface area contributed by atoms with Crippen molar-refractivity contribution in [2.75, 3.05) is 13.7 Å². The number of aliphatic hydroxyl groups is 2. The molecule has 0 heterocycles. The summed E-state index contributed by atoms with van der Waals surface area (Å²) in [5.74, 6) is 0.391. The predicted octanol–water partition coefficient (Wildman–Crippen LogP) is 2.67. The minimum atomic E-state index is -1.27. The van der Waals surface area contributed by atoms with Crippen LogP contribution in [0.25, 0.3) is 0 Å². The van der Waals surface area contributed by atoms with Gasteiger partial charge in [0.15, 0.2) is 0 Å². The van der Waals surface area contributed by atoms with Crippen LogP contribution in [0.1, 0.15) is 17.2 Å². The quantitative estimate of drug-likeness (QED) is 0.702. The van der Waals surface area contributed by atoms with Gasteiger partial charge in [0.1, 0.15) is 24.6 Å². The van der Waals surface area contributed by atoms with Crippen molar-refractivity contribution in [3.63, 3.8) is 0 Å². The van der Waals surface area contributed by atoms with Crippen LogP contribution >= 0.6 is 11.6 Å². The van der Waals surface area contributed by atoms with Gasteiger partial charge in [-0.3, -0.25) is 0 Å². The van der Waals surface area contributed by atoms with E-state index in [9.17, 15) is 15.0 Å². The van der Waals surface area contributed by atoms with Crippen molar-refractivity contribution in [2.24, 2.45) is 0 Å². The lowest BCUT2D eigenvalue weighted by atomic mass is 10.0. The molecule has 2 atom stereocenters. The Morgan fingerprint density at radius 1 is 1.20 bits per heavy atom. The SMILES string of the molecule is COc1ccc(Cl)cc1C(O)C(O)CNC(=O)OCc1ccccc1. The van der Waals surface area contributed by atoms with Crippen molar-refractivity contribution in [3.8, 4) is 5.75 Å². The highest BCUT2D eigenvalue weighted by Crippen LogP contribution is 2.30. The number of methoxy groups -OCH3 is 1. The Morgan fingerprint density at radius 2 is 1.92 bits per heavy atom. The molecule has 6 nitrogen and oxygen atoms in total. The monoisotopic (exact) mass is 365 g/mol. The largest absolute Gasteiger partial charge is 0.496 e. The summed E-state index contributed by atoms with van der Waals surface area (Å²) in [6.07, 6.45) is -3.21.